The molecule has 0 spiro atoms. The smallest absolute Gasteiger partial charge is 0.118 e. The van der Waals surface area contributed by atoms with Gasteiger partial charge in [-0.2, -0.15) is 0 Å². The Bertz CT molecular complexity index is 435. The fraction of sp³-hybridized carbons (Fsp3) is 0.667. The van der Waals surface area contributed by atoms with E-state index in [0.717, 1.165) is 17.6 Å². The van der Waals surface area contributed by atoms with Crippen LogP contribution in [0.3, 0.4) is 0 Å². The minimum Gasteiger partial charge on any atom is -0.497 e. The zero-order valence-electron chi connectivity index (χ0n) is 13.3. The minimum absolute atomic E-state index is 0.149. The molecule has 2 aliphatic rings. The van der Waals surface area contributed by atoms with Gasteiger partial charge in [0.1, 0.15) is 5.75 Å². The van der Waals surface area contributed by atoms with Gasteiger partial charge in [-0.05, 0) is 62.1 Å². The van der Waals surface area contributed by atoms with Crippen molar-refractivity contribution in [2.45, 2.75) is 44.7 Å². The first kappa shape index (κ1) is 14.9. The van der Waals surface area contributed by atoms with E-state index in [1.54, 1.807) is 7.11 Å². The van der Waals surface area contributed by atoms with Gasteiger partial charge >= 0.3 is 0 Å². The van der Waals surface area contributed by atoms with Gasteiger partial charge in [-0.25, -0.2) is 0 Å². The van der Waals surface area contributed by atoms with Crippen LogP contribution in [-0.4, -0.2) is 31.1 Å². The number of rotatable bonds is 8. The summed E-state index contributed by atoms with van der Waals surface area (Å²) in [5.41, 5.74) is 7.69. The Morgan fingerprint density at radius 3 is 2.00 bits per heavy atom. The van der Waals surface area contributed by atoms with Crippen molar-refractivity contribution >= 4 is 0 Å². The highest BCUT2D eigenvalue weighted by Gasteiger charge is 2.34. The third kappa shape index (κ3) is 3.98. The maximum absolute atomic E-state index is 6.36. The molecule has 1 aromatic rings. The lowest BCUT2D eigenvalue weighted by atomic mass is 9.98. The van der Waals surface area contributed by atoms with Crippen LogP contribution < -0.4 is 10.5 Å². The van der Waals surface area contributed by atoms with E-state index in [-0.39, 0.29) is 6.04 Å². The highest BCUT2D eigenvalue weighted by atomic mass is 16.5. The van der Waals surface area contributed by atoms with Gasteiger partial charge in [0, 0.05) is 25.2 Å². The molecule has 0 aromatic heterocycles. The molecule has 3 heteroatoms. The lowest BCUT2D eigenvalue weighted by Gasteiger charge is -2.35. The number of ether oxygens (including phenoxy) is 1. The van der Waals surface area contributed by atoms with Gasteiger partial charge in [-0.1, -0.05) is 12.1 Å². The number of nitrogens with zero attached hydrogens (tertiary/aromatic N) is 1. The van der Waals surface area contributed by atoms with E-state index in [9.17, 15) is 0 Å². The molecule has 2 saturated carbocycles. The molecular weight excluding hydrogens is 260 g/mol. The molecule has 2 unspecified atom stereocenters. The average Bonchev–Trinajstić information content (AvgIpc) is 3.35. The third-order valence-corrected chi connectivity index (χ3v) is 4.73. The molecule has 2 N–H and O–H groups in total. The van der Waals surface area contributed by atoms with Crippen LogP contribution in [0.2, 0.25) is 0 Å². The second-order valence-electron chi connectivity index (χ2n) is 6.92. The summed E-state index contributed by atoms with van der Waals surface area (Å²) in [4.78, 5) is 2.65. The lowest BCUT2D eigenvalue weighted by molar-refractivity contribution is 0.161. The molecule has 2 aliphatic carbocycles. The summed E-state index contributed by atoms with van der Waals surface area (Å²) in [6.07, 6.45) is 5.59. The van der Waals surface area contributed by atoms with Crippen molar-refractivity contribution in [2.24, 2.45) is 17.6 Å². The van der Waals surface area contributed by atoms with E-state index in [1.165, 1.54) is 44.3 Å². The normalized spacial score (nSPS) is 21.3. The van der Waals surface area contributed by atoms with Gasteiger partial charge in [0.05, 0.1) is 7.11 Å². The molecule has 1 aromatic carbocycles. The molecule has 2 atom stereocenters. The van der Waals surface area contributed by atoms with Crippen LogP contribution in [0, 0.1) is 11.8 Å². The van der Waals surface area contributed by atoms with Gasteiger partial charge in [-0.15, -0.1) is 0 Å². The topological polar surface area (TPSA) is 38.5 Å². The summed E-state index contributed by atoms with van der Waals surface area (Å²) >= 11 is 0. The molecular formula is C18H28N2O. The van der Waals surface area contributed by atoms with Crippen molar-refractivity contribution in [3.63, 3.8) is 0 Å². The highest BCUT2D eigenvalue weighted by Crippen LogP contribution is 2.38. The van der Waals surface area contributed by atoms with Crippen molar-refractivity contribution in [1.29, 1.82) is 0 Å². The number of benzene rings is 1. The Hall–Kier alpha value is -1.06. The molecule has 0 saturated heterocycles. The van der Waals surface area contributed by atoms with Crippen LogP contribution >= 0.6 is 0 Å². The molecule has 21 heavy (non-hydrogen) atoms. The summed E-state index contributed by atoms with van der Waals surface area (Å²) in [7, 11) is 1.71. The largest absolute Gasteiger partial charge is 0.497 e. The molecule has 3 rings (SSSR count). The van der Waals surface area contributed by atoms with Crippen molar-refractivity contribution in [3.8, 4) is 5.75 Å². The van der Waals surface area contributed by atoms with Crippen LogP contribution in [0.15, 0.2) is 24.3 Å². The first-order valence-corrected chi connectivity index (χ1v) is 8.31. The fourth-order valence-electron chi connectivity index (χ4n) is 3.21. The van der Waals surface area contributed by atoms with E-state index in [0.29, 0.717) is 6.04 Å². The van der Waals surface area contributed by atoms with Crippen molar-refractivity contribution < 1.29 is 4.74 Å². The van der Waals surface area contributed by atoms with Gasteiger partial charge in [-0.3, -0.25) is 4.90 Å². The Morgan fingerprint density at radius 1 is 1.10 bits per heavy atom. The van der Waals surface area contributed by atoms with Crippen molar-refractivity contribution in [2.75, 3.05) is 20.2 Å². The molecule has 0 heterocycles. The zero-order chi connectivity index (χ0) is 14.8. The lowest BCUT2D eigenvalue weighted by Crippen LogP contribution is -2.41. The molecule has 0 bridgehead atoms. The van der Waals surface area contributed by atoms with E-state index in [4.69, 9.17) is 10.5 Å². The van der Waals surface area contributed by atoms with Gasteiger partial charge in [0.2, 0.25) is 0 Å². The van der Waals surface area contributed by atoms with Crippen LogP contribution in [0.25, 0.3) is 0 Å². The molecule has 116 valence electrons. The standard InChI is InChI=1S/C18H28N2O/c1-13(19)18(16-7-9-17(21-2)10-8-16)20(11-14-3-4-14)12-15-5-6-15/h7-10,13-15,18H,3-6,11-12,19H2,1-2H3. The van der Waals surface area contributed by atoms with E-state index >= 15 is 0 Å². The third-order valence-electron chi connectivity index (χ3n) is 4.73. The van der Waals surface area contributed by atoms with Crippen LogP contribution in [0.4, 0.5) is 0 Å². The maximum Gasteiger partial charge on any atom is 0.118 e. The number of hydrogen-bond acceptors (Lipinski definition) is 3. The monoisotopic (exact) mass is 288 g/mol. The first-order valence-electron chi connectivity index (χ1n) is 8.31. The summed E-state index contributed by atoms with van der Waals surface area (Å²) in [6.45, 7) is 4.57. The maximum atomic E-state index is 6.36. The quantitative estimate of drug-likeness (QED) is 0.798. The number of methoxy groups -OCH3 is 1. The SMILES string of the molecule is COc1ccc(C(C(C)N)N(CC2CC2)CC2CC2)cc1. The molecule has 0 amide bonds. The average molecular weight is 288 g/mol. The van der Waals surface area contributed by atoms with Crippen molar-refractivity contribution in [3.05, 3.63) is 29.8 Å². The van der Waals surface area contributed by atoms with Crippen molar-refractivity contribution in [1.82, 2.24) is 4.90 Å². The van der Waals surface area contributed by atoms with Crippen LogP contribution in [0.1, 0.15) is 44.2 Å². The number of nitrogens with two attached hydrogens (primary N) is 1. The molecule has 0 aliphatic heterocycles. The minimum atomic E-state index is 0.149. The van der Waals surface area contributed by atoms with E-state index in [1.807, 2.05) is 0 Å². The molecule has 0 radical (unpaired) electrons. The van der Waals surface area contributed by atoms with E-state index in [2.05, 4.69) is 36.1 Å². The first-order chi connectivity index (χ1) is 10.2. The summed E-state index contributed by atoms with van der Waals surface area (Å²) in [6, 6.07) is 8.95. The van der Waals surface area contributed by atoms with Gasteiger partial charge in [0.25, 0.3) is 0 Å². The zero-order valence-corrected chi connectivity index (χ0v) is 13.3. The molecule has 2 fully saturated rings. The summed E-state index contributed by atoms with van der Waals surface area (Å²) in [5, 5.41) is 0. The fourth-order valence-corrected chi connectivity index (χ4v) is 3.21. The molecule has 3 nitrogen and oxygen atoms in total. The van der Waals surface area contributed by atoms with Gasteiger partial charge in [0.15, 0.2) is 0 Å². The predicted octanol–water partition coefficient (Wildman–Crippen LogP) is 3.21. The second kappa shape index (κ2) is 6.37. The second-order valence-corrected chi connectivity index (χ2v) is 6.92. The Morgan fingerprint density at radius 2 is 1.62 bits per heavy atom. The summed E-state index contributed by atoms with van der Waals surface area (Å²) < 4.78 is 5.27. The Kier molecular flexibility index (Phi) is 4.51. The number of hydrogen-bond donors (Lipinski definition) is 1. The van der Waals surface area contributed by atoms with Crippen LogP contribution in [-0.2, 0) is 0 Å². The Balaban J connectivity index is 1.78. The van der Waals surface area contributed by atoms with Gasteiger partial charge < -0.3 is 10.5 Å². The highest BCUT2D eigenvalue weighted by molar-refractivity contribution is 5.30. The Labute approximate surface area is 128 Å². The van der Waals surface area contributed by atoms with Crippen LogP contribution in [0.5, 0.6) is 5.75 Å². The summed E-state index contributed by atoms with van der Waals surface area (Å²) in [5.74, 6) is 2.73. The van der Waals surface area contributed by atoms with E-state index < -0.39 is 0 Å². The predicted molar refractivity (Wildman–Crippen MR) is 86.4 cm³/mol.